The highest BCUT2D eigenvalue weighted by atomic mass is 35.7. The zero-order valence-corrected chi connectivity index (χ0v) is 12.9. The molecule has 1 amide bonds. The van der Waals surface area contributed by atoms with Crippen molar-refractivity contribution in [1.82, 2.24) is 5.32 Å². The lowest BCUT2D eigenvalue weighted by molar-refractivity contribution is 0.0921. The molecule has 4 nitrogen and oxygen atoms in total. The van der Waals surface area contributed by atoms with Crippen LogP contribution in [0.4, 0.5) is 0 Å². The van der Waals surface area contributed by atoms with Gasteiger partial charge in [-0.05, 0) is 37.0 Å². The molecule has 0 saturated heterocycles. The third kappa shape index (κ3) is 3.96. The van der Waals surface area contributed by atoms with Crippen LogP contribution in [0.3, 0.4) is 0 Å². The zero-order valence-electron chi connectivity index (χ0n) is 11.3. The van der Waals surface area contributed by atoms with Crippen molar-refractivity contribution >= 4 is 25.6 Å². The summed E-state index contributed by atoms with van der Waals surface area (Å²) in [6.07, 6.45) is 4.26. The van der Waals surface area contributed by atoms with Gasteiger partial charge in [-0.1, -0.05) is 25.8 Å². The summed E-state index contributed by atoms with van der Waals surface area (Å²) in [6.45, 7) is 2.18. The van der Waals surface area contributed by atoms with Gasteiger partial charge in [0.1, 0.15) is 0 Å². The Hall–Kier alpha value is -1.07. The van der Waals surface area contributed by atoms with Crippen molar-refractivity contribution in [3.05, 3.63) is 29.8 Å². The van der Waals surface area contributed by atoms with E-state index >= 15 is 0 Å². The van der Waals surface area contributed by atoms with Gasteiger partial charge in [-0.2, -0.15) is 0 Å². The highest BCUT2D eigenvalue weighted by Gasteiger charge is 2.21. The van der Waals surface area contributed by atoms with Gasteiger partial charge in [0.25, 0.3) is 15.0 Å². The number of halogens is 1. The van der Waals surface area contributed by atoms with E-state index in [-0.39, 0.29) is 16.8 Å². The fourth-order valence-corrected chi connectivity index (χ4v) is 3.42. The normalized spacial score (nSPS) is 23.3. The average Bonchev–Trinajstić information content (AvgIpc) is 2.38. The minimum Gasteiger partial charge on any atom is -0.349 e. The summed E-state index contributed by atoms with van der Waals surface area (Å²) in [5.41, 5.74) is 0.324. The van der Waals surface area contributed by atoms with Crippen LogP contribution in [-0.2, 0) is 9.05 Å². The standard InChI is InChI=1S/C14H18ClNO3S/c1-10-4-2-6-12(8-10)16-14(17)11-5-3-7-13(9-11)20(15,18)19/h3,5,7,9-10,12H,2,4,6,8H2,1H3,(H,16,17). The molecule has 0 radical (unpaired) electrons. The SMILES string of the molecule is CC1CCCC(NC(=O)c2cccc(S(=O)(=O)Cl)c2)C1. The third-order valence-electron chi connectivity index (χ3n) is 3.65. The molecule has 110 valence electrons. The molecule has 2 atom stereocenters. The lowest BCUT2D eigenvalue weighted by Gasteiger charge is -2.27. The first-order valence-electron chi connectivity index (χ1n) is 6.72. The van der Waals surface area contributed by atoms with Gasteiger partial charge >= 0.3 is 0 Å². The fraction of sp³-hybridized carbons (Fsp3) is 0.500. The van der Waals surface area contributed by atoms with Gasteiger partial charge in [-0.15, -0.1) is 0 Å². The molecule has 1 aliphatic carbocycles. The van der Waals surface area contributed by atoms with Crippen LogP contribution in [-0.4, -0.2) is 20.4 Å². The van der Waals surface area contributed by atoms with Crippen molar-refractivity contribution in [3.8, 4) is 0 Å². The first-order valence-corrected chi connectivity index (χ1v) is 9.03. The van der Waals surface area contributed by atoms with E-state index in [1.165, 1.54) is 24.6 Å². The highest BCUT2D eigenvalue weighted by Crippen LogP contribution is 2.24. The number of hydrogen-bond acceptors (Lipinski definition) is 3. The van der Waals surface area contributed by atoms with E-state index in [9.17, 15) is 13.2 Å². The van der Waals surface area contributed by atoms with Gasteiger partial charge < -0.3 is 5.32 Å². The van der Waals surface area contributed by atoms with E-state index in [1.54, 1.807) is 6.07 Å². The van der Waals surface area contributed by atoms with Gasteiger partial charge in [-0.25, -0.2) is 8.42 Å². The Labute approximate surface area is 123 Å². The molecule has 1 fully saturated rings. The van der Waals surface area contributed by atoms with Crippen LogP contribution in [0.25, 0.3) is 0 Å². The Balaban J connectivity index is 2.09. The quantitative estimate of drug-likeness (QED) is 0.872. The second-order valence-corrected chi connectivity index (χ2v) is 7.97. The number of hydrogen-bond donors (Lipinski definition) is 1. The molecule has 0 bridgehead atoms. The molecule has 0 aromatic heterocycles. The van der Waals surface area contributed by atoms with E-state index in [0.29, 0.717) is 11.5 Å². The largest absolute Gasteiger partial charge is 0.349 e. The Morgan fingerprint density at radius 2 is 2.10 bits per heavy atom. The molecular formula is C14H18ClNO3S. The van der Waals surface area contributed by atoms with Crippen molar-refractivity contribution in [2.75, 3.05) is 0 Å². The van der Waals surface area contributed by atoms with E-state index in [1.807, 2.05) is 0 Å². The number of carbonyl (C=O) groups excluding carboxylic acids is 1. The molecule has 20 heavy (non-hydrogen) atoms. The summed E-state index contributed by atoms with van der Waals surface area (Å²) in [5.74, 6) is 0.370. The Bertz CT molecular complexity index is 600. The average molecular weight is 316 g/mol. The molecule has 2 unspecified atom stereocenters. The topological polar surface area (TPSA) is 63.2 Å². The summed E-state index contributed by atoms with van der Waals surface area (Å²) in [7, 11) is 1.48. The predicted molar refractivity (Wildman–Crippen MR) is 78.4 cm³/mol. The van der Waals surface area contributed by atoms with Crippen molar-refractivity contribution in [3.63, 3.8) is 0 Å². The van der Waals surface area contributed by atoms with Crippen LogP contribution in [0.1, 0.15) is 43.0 Å². The lowest BCUT2D eigenvalue weighted by atomic mass is 9.87. The minimum absolute atomic E-state index is 0.0520. The molecule has 1 aromatic carbocycles. The first kappa shape index (κ1) is 15.3. The van der Waals surface area contributed by atoms with Crippen LogP contribution in [0.2, 0.25) is 0 Å². The van der Waals surface area contributed by atoms with Gasteiger partial charge in [-0.3, -0.25) is 4.79 Å². The number of rotatable bonds is 3. The molecule has 0 aliphatic heterocycles. The molecule has 2 rings (SSSR count). The maximum atomic E-state index is 12.1. The molecular weight excluding hydrogens is 298 g/mol. The van der Waals surface area contributed by atoms with E-state index in [4.69, 9.17) is 10.7 Å². The van der Waals surface area contributed by atoms with Crippen LogP contribution in [0.5, 0.6) is 0 Å². The monoisotopic (exact) mass is 315 g/mol. The maximum Gasteiger partial charge on any atom is 0.261 e. The zero-order chi connectivity index (χ0) is 14.8. The summed E-state index contributed by atoms with van der Waals surface area (Å²) in [4.78, 5) is 12.1. The lowest BCUT2D eigenvalue weighted by Crippen LogP contribution is -2.38. The number of nitrogens with one attached hydrogen (secondary N) is 1. The van der Waals surface area contributed by atoms with Gasteiger partial charge in [0.15, 0.2) is 0 Å². The van der Waals surface area contributed by atoms with Crippen molar-refractivity contribution in [2.45, 2.75) is 43.5 Å². The number of carbonyl (C=O) groups is 1. The van der Waals surface area contributed by atoms with E-state index in [0.717, 1.165) is 19.3 Å². The van der Waals surface area contributed by atoms with Crippen molar-refractivity contribution in [2.24, 2.45) is 5.92 Å². The van der Waals surface area contributed by atoms with Crippen LogP contribution >= 0.6 is 10.7 Å². The molecule has 0 spiro atoms. The molecule has 6 heteroatoms. The Morgan fingerprint density at radius 1 is 1.35 bits per heavy atom. The minimum atomic E-state index is -3.81. The first-order chi connectivity index (χ1) is 9.36. The Morgan fingerprint density at radius 3 is 2.75 bits per heavy atom. The third-order valence-corrected chi connectivity index (χ3v) is 5.00. The molecule has 1 aliphatic rings. The van der Waals surface area contributed by atoms with Crippen molar-refractivity contribution in [1.29, 1.82) is 0 Å². The molecule has 0 heterocycles. The number of benzene rings is 1. The van der Waals surface area contributed by atoms with E-state index < -0.39 is 9.05 Å². The van der Waals surface area contributed by atoms with E-state index in [2.05, 4.69) is 12.2 Å². The van der Waals surface area contributed by atoms with Gasteiger partial charge in [0.2, 0.25) is 0 Å². The molecule has 1 N–H and O–H groups in total. The summed E-state index contributed by atoms with van der Waals surface area (Å²) < 4.78 is 22.5. The van der Waals surface area contributed by atoms with Crippen LogP contribution in [0, 0.1) is 5.92 Å². The summed E-state index contributed by atoms with van der Waals surface area (Å²) in [6, 6.07) is 5.97. The summed E-state index contributed by atoms with van der Waals surface area (Å²) in [5, 5.41) is 2.97. The second-order valence-electron chi connectivity index (χ2n) is 5.41. The van der Waals surface area contributed by atoms with Crippen molar-refractivity contribution < 1.29 is 13.2 Å². The molecule has 1 aromatic rings. The van der Waals surface area contributed by atoms with Crippen LogP contribution < -0.4 is 5.32 Å². The second kappa shape index (κ2) is 6.14. The Kier molecular flexibility index (Phi) is 4.70. The highest BCUT2D eigenvalue weighted by molar-refractivity contribution is 8.13. The smallest absolute Gasteiger partial charge is 0.261 e. The van der Waals surface area contributed by atoms with Gasteiger partial charge in [0.05, 0.1) is 4.90 Å². The summed E-state index contributed by atoms with van der Waals surface area (Å²) >= 11 is 0. The number of amides is 1. The van der Waals surface area contributed by atoms with Crippen LogP contribution in [0.15, 0.2) is 29.2 Å². The van der Waals surface area contributed by atoms with Gasteiger partial charge in [0, 0.05) is 22.3 Å². The molecule has 1 saturated carbocycles. The fourth-order valence-electron chi connectivity index (χ4n) is 2.62. The predicted octanol–water partition coefficient (Wildman–Crippen LogP) is 2.92. The maximum absolute atomic E-state index is 12.1.